The van der Waals surface area contributed by atoms with Crippen LogP contribution in [-0.4, -0.2) is 56.9 Å². The van der Waals surface area contributed by atoms with Crippen molar-refractivity contribution < 1.29 is 28.4 Å². The predicted octanol–water partition coefficient (Wildman–Crippen LogP) is 4.74. The molecular formula is C28H36O6. The lowest BCUT2D eigenvalue weighted by atomic mass is 9.76. The molecular weight excluding hydrogens is 432 g/mol. The molecule has 5 aliphatic rings. The van der Waals surface area contributed by atoms with E-state index in [0.717, 1.165) is 37.6 Å². The molecule has 6 unspecified atom stereocenters. The maximum atomic E-state index is 6.33. The van der Waals surface area contributed by atoms with Gasteiger partial charge in [0.2, 0.25) is 0 Å². The van der Waals surface area contributed by atoms with E-state index in [2.05, 4.69) is 52.0 Å². The van der Waals surface area contributed by atoms with E-state index in [1.54, 1.807) is 0 Å². The Labute approximate surface area is 202 Å². The fourth-order valence-corrected chi connectivity index (χ4v) is 5.83. The fourth-order valence-electron chi connectivity index (χ4n) is 5.83. The minimum absolute atomic E-state index is 0.100. The molecule has 0 saturated carbocycles. The standard InChI is InChI=1S/C28H36O6/c1-27(2)15-31-25(27)17-5-9-19(10-6-17)33-21-13-29-24-22(14-30-23(21)24)34-20-11-7-18(8-12-20)26-28(3,4)16-32-26/h5-7,9-11,21-26H,8,12-16H2,1-4H3. The van der Waals surface area contributed by atoms with Gasteiger partial charge in [0, 0.05) is 17.3 Å². The van der Waals surface area contributed by atoms with E-state index >= 15 is 0 Å². The first-order chi connectivity index (χ1) is 16.3. The molecule has 1 aromatic rings. The van der Waals surface area contributed by atoms with Crippen LogP contribution in [0.2, 0.25) is 0 Å². The van der Waals surface area contributed by atoms with Crippen LogP contribution in [0.1, 0.15) is 52.2 Å². The summed E-state index contributed by atoms with van der Waals surface area (Å²) < 4.78 is 36.3. The van der Waals surface area contributed by atoms with Crippen molar-refractivity contribution in [3.63, 3.8) is 0 Å². The zero-order valence-corrected chi connectivity index (χ0v) is 20.6. The van der Waals surface area contributed by atoms with Crippen LogP contribution in [0.3, 0.4) is 0 Å². The Morgan fingerprint density at radius 2 is 1.32 bits per heavy atom. The Balaban J connectivity index is 1.04. The molecule has 34 heavy (non-hydrogen) atoms. The average molecular weight is 469 g/mol. The van der Waals surface area contributed by atoms with Gasteiger partial charge in [-0.3, -0.25) is 0 Å². The summed E-state index contributed by atoms with van der Waals surface area (Å²) in [4.78, 5) is 0. The Bertz CT molecular complexity index is 977. The van der Waals surface area contributed by atoms with Gasteiger partial charge in [0.15, 0.2) is 12.2 Å². The maximum absolute atomic E-state index is 6.33. The summed E-state index contributed by atoms with van der Waals surface area (Å²) in [6.45, 7) is 11.7. The molecule has 0 radical (unpaired) electrons. The highest BCUT2D eigenvalue weighted by molar-refractivity contribution is 5.31. The van der Waals surface area contributed by atoms with E-state index in [1.807, 2.05) is 12.1 Å². The summed E-state index contributed by atoms with van der Waals surface area (Å²) >= 11 is 0. The number of allylic oxidation sites excluding steroid dienone is 3. The van der Waals surface area contributed by atoms with Crippen LogP contribution < -0.4 is 4.74 Å². The third-order valence-electron chi connectivity index (χ3n) is 7.88. The molecule has 6 atom stereocenters. The van der Waals surface area contributed by atoms with Crippen molar-refractivity contribution in [2.75, 3.05) is 26.4 Å². The van der Waals surface area contributed by atoms with Crippen LogP contribution >= 0.6 is 0 Å². The van der Waals surface area contributed by atoms with Gasteiger partial charge in [0.05, 0.1) is 44.4 Å². The highest BCUT2D eigenvalue weighted by atomic mass is 16.6. The molecule has 4 aliphatic heterocycles. The molecule has 0 aromatic heterocycles. The summed E-state index contributed by atoms with van der Waals surface area (Å²) in [5.74, 6) is 1.83. The van der Waals surface area contributed by atoms with Gasteiger partial charge in [-0.1, -0.05) is 45.9 Å². The van der Waals surface area contributed by atoms with Crippen LogP contribution in [0.5, 0.6) is 5.75 Å². The molecule has 1 aromatic carbocycles. The van der Waals surface area contributed by atoms with Gasteiger partial charge >= 0.3 is 0 Å². The van der Waals surface area contributed by atoms with E-state index in [-0.39, 0.29) is 47.5 Å². The molecule has 0 spiro atoms. The zero-order valence-electron chi connectivity index (χ0n) is 20.6. The molecule has 4 saturated heterocycles. The van der Waals surface area contributed by atoms with Gasteiger partial charge in [-0.05, 0) is 35.8 Å². The molecule has 6 heteroatoms. The van der Waals surface area contributed by atoms with Crippen LogP contribution in [-0.2, 0) is 23.7 Å². The largest absolute Gasteiger partial charge is 0.490 e. The molecule has 0 N–H and O–H groups in total. The lowest BCUT2D eigenvalue weighted by Gasteiger charge is -2.46. The van der Waals surface area contributed by atoms with Crippen LogP contribution in [0.4, 0.5) is 0 Å². The average Bonchev–Trinajstić information content (AvgIpc) is 3.38. The van der Waals surface area contributed by atoms with Crippen LogP contribution in [0, 0.1) is 10.8 Å². The highest BCUT2D eigenvalue weighted by Crippen LogP contribution is 2.46. The smallest absolute Gasteiger partial charge is 0.151 e. The van der Waals surface area contributed by atoms with E-state index in [4.69, 9.17) is 28.4 Å². The summed E-state index contributed by atoms with van der Waals surface area (Å²) in [6.07, 6.45) is 6.09. The fraction of sp³-hybridized carbons (Fsp3) is 0.643. The van der Waals surface area contributed by atoms with Crippen molar-refractivity contribution in [3.8, 4) is 5.75 Å². The quantitative estimate of drug-likeness (QED) is 0.601. The Morgan fingerprint density at radius 1 is 0.706 bits per heavy atom. The van der Waals surface area contributed by atoms with E-state index in [9.17, 15) is 0 Å². The Morgan fingerprint density at radius 3 is 1.82 bits per heavy atom. The molecule has 6 rings (SSSR count). The van der Waals surface area contributed by atoms with Gasteiger partial charge in [0.25, 0.3) is 0 Å². The van der Waals surface area contributed by atoms with Gasteiger partial charge < -0.3 is 28.4 Å². The predicted molar refractivity (Wildman–Crippen MR) is 127 cm³/mol. The van der Waals surface area contributed by atoms with E-state index in [0.29, 0.717) is 13.2 Å². The maximum Gasteiger partial charge on any atom is 0.151 e. The molecule has 0 bridgehead atoms. The summed E-state index contributed by atoms with van der Waals surface area (Å²) in [6, 6.07) is 8.24. The van der Waals surface area contributed by atoms with Crippen molar-refractivity contribution in [1.82, 2.24) is 0 Å². The number of fused-ring (bicyclic) bond motifs is 1. The molecule has 4 heterocycles. The number of hydrogen-bond donors (Lipinski definition) is 0. The first-order valence-corrected chi connectivity index (χ1v) is 12.6. The Hall–Kier alpha value is -1.86. The van der Waals surface area contributed by atoms with Crippen molar-refractivity contribution in [3.05, 3.63) is 53.3 Å². The molecule has 184 valence electrons. The zero-order chi connectivity index (χ0) is 23.5. The molecule has 4 fully saturated rings. The summed E-state index contributed by atoms with van der Waals surface area (Å²) in [7, 11) is 0. The van der Waals surface area contributed by atoms with Gasteiger partial charge in [-0.25, -0.2) is 0 Å². The second-order valence-electron chi connectivity index (χ2n) is 11.7. The van der Waals surface area contributed by atoms with Crippen LogP contribution in [0.25, 0.3) is 0 Å². The topological polar surface area (TPSA) is 55.4 Å². The van der Waals surface area contributed by atoms with Crippen molar-refractivity contribution in [2.45, 2.75) is 77.2 Å². The highest BCUT2D eigenvalue weighted by Gasteiger charge is 2.50. The number of ether oxygens (including phenoxy) is 6. The summed E-state index contributed by atoms with van der Waals surface area (Å²) in [5, 5.41) is 0. The molecule has 1 aliphatic carbocycles. The minimum atomic E-state index is -0.134. The number of hydrogen-bond acceptors (Lipinski definition) is 6. The Kier molecular flexibility index (Phi) is 5.56. The van der Waals surface area contributed by atoms with E-state index in [1.165, 1.54) is 11.1 Å². The van der Waals surface area contributed by atoms with E-state index < -0.39 is 0 Å². The lowest BCUT2D eigenvalue weighted by molar-refractivity contribution is -0.172. The minimum Gasteiger partial charge on any atom is -0.490 e. The van der Waals surface area contributed by atoms with Gasteiger partial charge in [0.1, 0.15) is 18.0 Å². The first kappa shape index (κ1) is 22.6. The normalized spacial score (nSPS) is 37.6. The van der Waals surface area contributed by atoms with Gasteiger partial charge in [-0.15, -0.1) is 0 Å². The second kappa shape index (κ2) is 8.37. The first-order valence-electron chi connectivity index (χ1n) is 12.6. The second-order valence-corrected chi connectivity index (χ2v) is 11.7. The number of benzene rings is 1. The van der Waals surface area contributed by atoms with Crippen LogP contribution in [0.15, 0.2) is 47.7 Å². The van der Waals surface area contributed by atoms with Crippen molar-refractivity contribution in [1.29, 1.82) is 0 Å². The van der Waals surface area contributed by atoms with Crippen molar-refractivity contribution >= 4 is 0 Å². The van der Waals surface area contributed by atoms with Gasteiger partial charge in [-0.2, -0.15) is 0 Å². The molecule has 6 nitrogen and oxygen atoms in total. The monoisotopic (exact) mass is 468 g/mol. The van der Waals surface area contributed by atoms with Crippen molar-refractivity contribution in [2.24, 2.45) is 10.8 Å². The number of rotatable bonds is 6. The third-order valence-corrected chi connectivity index (χ3v) is 7.88. The lowest BCUT2D eigenvalue weighted by Crippen LogP contribution is -2.48. The SMILES string of the molecule is CC1(C)COC1C1=CC=C(OC2COC3C(Oc4ccc(C5OCC5(C)C)cc4)COC23)CC1. The third kappa shape index (κ3) is 3.98. The molecule has 0 amide bonds. The summed E-state index contributed by atoms with van der Waals surface area (Å²) in [5.41, 5.74) is 2.99.